The molecule has 0 atom stereocenters. The molecule has 2 rings (SSSR count). The van der Waals surface area contributed by atoms with Gasteiger partial charge in [0.15, 0.2) is 11.6 Å². The van der Waals surface area contributed by atoms with Crippen molar-refractivity contribution in [3.63, 3.8) is 0 Å². The topological polar surface area (TPSA) is 34.1 Å². The Kier molecular flexibility index (Phi) is 4.40. The lowest BCUT2D eigenvalue weighted by Gasteiger charge is -2.23. The summed E-state index contributed by atoms with van der Waals surface area (Å²) in [5.74, 6) is -0.620. The molecule has 1 saturated carbocycles. The summed E-state index contributed by atoms with van der Waals surface area (Å²) < 4.78 is 12.9. The van der Waals surface area contributed by atoms with Crippen molar-refractivity contribution < 1.29 is 14.0 Å². The van der Waals surface area contributed by atoms with E-state index < -0.39 is 0 Å². The fourth-order valence-electron chi connectivity index (χ4n) is 2.50. The van der Waals surface area contributed by atoms with E-state index in [1.54, 1.807) is 18.2 Å². The zero-order chi connectivity index (χ0) is 15.6. The minimum absolute atomic E-state index is 0.0569. The maximum Gasteiger partial charge on any atom is 0.166 e. The van der Waals surface area contributed by atoms with Crippen LogP contribution in [0.4, 0.5) is 4.39 Å². The van der Waals surface area contributed by atoms with Crippen molar-refractivity contribution in [1.29, 1.82) is 0 Å². The first-order valence-electron chi connectivity index (χ1n) is 7.28. The van der Waals surface area contributed by atoms with Gasteiger partial charge in [-0.05, 0) is 35.4 Å². The van der Waals surface area contributed by atoms with Gasteiger partial charge in [-0.25, -0.2) is 4.39 Å². The second kappa shape index (κ2) is 5.92. The summed E-state index contributed by atoms with van der Waals surface area (Å²) in [6, 6.07) is 6.05. The summed E-state index contributed by atoms with van der Waals surface area (Å²) in [7, 11) is 0. The number of carbonyl (C=O) groups excluding carboxylic acids is 2. The molecule has 0 aromatic heterocycles. The summed E-state index contributed by atoms with van der Waals surface area (Å²) in [6.07, 6.45) is 3.15. The highest BCUT2D eigenvalue weighted by atomic mass is 19.1. The third kappa shape index (κ3) is 4.10. The average molecular weight is 288 g/mol. The molecule has 1 aromatic rings. The lowest BCUT2D eigenvalue weighted by molar-refractivity contribution is -0.124. The van der Waals surface area contributed by atoms with Crippen LogP contribution in [-0.4, -0.2) is 11.6 Å². The Hall–Kier alpha value is -1.77. The summed E-state index contributed by atoms with van der Waals surface area (Å²) in [4.78, 5) is 24.4. The van der Waals surface area contributed by atoms with E-state index in [1.165, 1.54) is 12.1 Å². The Bertz CT molecular complexity index is 556. The van der Waals surface area contributed by atoms with Crippen molar-refractivity contribution in [3.05, 3.63) is 47.3 Å². The molecule has 1 aliphatic carbocycles. The lowest BCUT2D eigenvalue weighted by Crippen LogP contribution is -2.25. The normalized spacial score (nSPS) is 19.8. The van der Waals surface area contributed by atoms with Crippen LogP contribution in [-0.2, 0) is 9.59 Å². The van der Waals surface area contributed by atoms with Crippen molar-refractivity contribution in [1.82, 2.24) is 0 Å². The minimum Gasteiger partial charge on any atom is -0.294 e. The standard InChI is InChI=1S/C18H21FO2/c1-18(2,3)9-8-15-16(20)10-13(11-17(15)21)12-4-6-14(19)7-5-12/h4-8,13H,9-11H2,1-3H3. The number of Topliss-reactive ketones (excluding diaryl/α,β-unsaturated/α-hetero) is 2. The van der Waals surface area contributed by atoms with Gasteiger partial charge < -0.3 is 0 Å². The van der Waals surface area contributed by atoms with Crippen LogP contribution in [0.3, 0.4) is 0 Å². The molecule has 0 amide bonds. The molecule has 2 nitrogen and oxygen atoms in total. The maximum atomic E-state index is 12.9. The van der Waals surface area contributed by atoms with Gasteiger partial charge in [0, 0.05) is 12.8 Å². The van der Waals surface area contributed by atoms with Crippen molar-refractivity contribution in [2.75, 3.05) is 0 Å². The van der Waals surface area contributed by atoms with Crippen LogP contribution in [0.1, 0.15) is 51.5 Å². The van der Waals surface area contributed by atoms with Gasteiger partial charge in [0.2, 0.25) is 0 Å². The second-order valence-corrected chi connectivity index (χ2v) is 6.89. The molecule has 0 saturated heterocycles. The Morgan fingerprint density at radius 3 is 2.10 bits per heavy atom. The predicted octanol–water partition coefficient (Wildman–Crippen LogP) is 4.20. The Labute approximate surface area is 125 Å². The molecule has 112 valence electrons. The van der Waals surface area contributed by atoms with Gasteiger partial charge in [-0.1, -0.05) is 39.0 Å². The fourth-order valence-corrected chi connectivity index (χ4v) is 2.50. The zero-order valence-corrected chi connectivity index (χ0v) is 12.8. The first-order valence-corrected chi connectivity index (χ1v) is 7.28. The zero-order valence-electron chi connectivity index (χ0n) is 12.8. The van der Waals surface area contributed by atoms with E-state index in [4.69, 9.17) is 0 Å². The van der Waals surface area contributed by atoms with Crippen LogP contribution >= 0.6 is 0 Å². The van der Waals surface area contributed by atoms with E-state index in [1.807, 2.05) is 0 Å². The van der Waals surface area contributed by atoms with Gasteiger partial charge in [0.25, 0.3) is 0 Å². The van der Waals surface area contributed by atoms with Crippen LogP contribution in [0.15, 0.2) is 35.9 Å². The number of halogens is 1. The molecular weight excluding hydrogens is 267 g/mol. The Morgan fingerprint density at radius 2 is 1.62 bits per heavy atom. The fraction of sp³-hybridized carbons (Fsp3) is 0.444. The molecule has 1 aliphatic rings. The van der Waals surface area contributed by atoms with E-state index in [0.29, 0.717) is 24.8 Å². The molecule has 21 heavy (non-hydrogen) atoms. The highest BCUT2D eigenvalue weighted by molar-refractivity contribution is 6.22. The van der Waals surface area contributed by atoms with Crippen LogP contribution < -0.4 is 0 Å². The Balaban J connectivity index is 2.14. The van der Waals surface area contributed by atoms with E-state index in [-0.39, 0.29) is 28.7 Å². The molecule has 0 aliphatic heterocycles. The van der Waals surface area contributed by atoms with Crippen molar-refractivity contribution >= 4 is 11.6 Å². The molecule has 0 radical (unpaired) electrons. The summed E-state index contributed by atoms with van der Waals surface area (Å²) in [5, 5.41) is 0. The van der Waals surface area contributed by atoms with Crippen LogP contribution in [0.5, 0.6) is 0 Å². The molecule has 3 heteroatoms. The summed E-state index contributed by atoms with van der Waals surface area (Å²) in [6.45, 7) is 6.22. The van der Waals surface area contributed by atoms with Gasteiger partial charge in [-0.2, -0.15) is 0 Å². The first-order chi connectivity index (χ1) is 9.76. The highest BCUT2D eigenvalue weighted by Gasteiger charge is 2.31. The van der Waals surface area contributed by atoms with Crippen molar-refractivity contribution in [3.8, 4) is 0 Å². The predicted molar refractivity (Wildman–Crippen MR) is 80.5 cm³/mol. The summed E-state index contributed by atoms with van der Waals surface area (Å²) in [5.41, 5.74) is 1.26. The summed E-state index contributed by atoms with van der Waals surface area (Å²) >= 11 is 0. The maximum absolute atomic E-state index is 12.9. The third-order valence-electron chi connectivity index (χ3n) is 3.72. The first kappa shape index (κ1) is 15.6. The lowest BCUT2D eigenvalue weighted by atomic mass is 9.79. The number of carbonyl (C=O) groups is 2. The molecular formula is C18H21FO2. The molecule has 0 spiro atoms. The van der Waals surface area contributed by atoms with E-state index in [9.17, 15) is 14.0 Å². The number of hydrogen-bond acceptors (Lipinski definition) is 2. The van der Waals surface area contributed by atoms with E-state index in [2.05, 4.69) is 20.8 Å². The Morgan fingerprint density at radius 1 is 1.10 bits per heavy atom. The largest absolute Gasteiger partial charge is 0.294 e. The van der Waals surface area contributed by atoms with Crippen LogP contribution in [0, 0.1) is 11.2 Å². The van der Waals surface area contributed by atoms with Crippen LogP contribution in [0.25, 0.3) is 0 Å². The van der Waals surface area contributed by atoms with Gasteiger partial charge in [-0.3, -0.25) is 9.59 Å². The van der Waals surface area contributed by atoms with E-state index in [0.717, 1.165) is 5.56 Å². The quantitative estimate of drug-likeness (QED) is 0.603. The monoisotopic (exact) mass is 288 g/mol. The molecule has 0 bridgehead atoms. The second-order valence-electron chi connectivity index (χ2n) is 6.89. The van der Waals surface area contributed by atoms with Gasteiger partial charge in [0.1, 0.15) is 5.82 Å². The number of benzene rings is 1. The van der Waals surface area contributed by atoms with Crippen molar-refractivity contribution in [2.24, 2.45) is 5.41 Å². The van der Waals surface area contributed by atoms with Gasteiger partial charge in [-0.15, -0.1) is 0 Å². The number of rotatable bonds is 2. The van der Waals surface area contributed by atoms with Gasteiger partial charge >= 0.3 is 0 Å². The van der Waals surface area contributed by atoms with Gasteiger partial charge in [0.05, 0.1) is 5.57 Å². The average Bonchev–Trinajstić information content (AvgIpc) is 2.37. The molecule has 0 heterocycles. The third-order valence-corrected chi connectivity index (χ3v) is 3.72. The molecule has 0 N–H and O–H groups in total. The minimum atomic E-state index is -0.307. The number of hydrogen-bond donors (Lipinski definition) is 0. The SMILES string of the molecule is CC(C)(C)CC=C1C(=O)CC(c2ccc(F)cc2)CC1=O. The number of ketones is 2. The molecule has 1 fully saturated rings. The highest BCUT2D eigenvalue weighted by Crippen LogP contribution is 2.32. The molecule has 0 unspecified atom stereocenters. The smallest absolute Gasteiger partial charge is 0.166 e. The number of allylic oxidation sites excluding steroid dienone is 2. The van der Waals surface area contributed by atoms with Crippen LogP contribution in [0.2, 0.25) is 0 Å². The molecule has 1 aromatic carbocycles. The van der Waals surface area contributed by atoms with E-state index >= 15 is 0 Å². The van der Waals surface area contributed by atoms with Crippen molar-refractivity contribution in [2.45, 2.75) is 46.0 Å².